The molecule has 4 N–H and O–H groups in total. The third-order valence-corrected chi connectivity index (χ3v) is 3.06. The van der Waals surface area contributed by atoms with Crippen molar-refractivity contribution in [1.82, 2.24) is 0 Å². The molecule has 0 unspecified atom stereocenters. The molecule has 1 aromatic heterocycles. The van der Waals surface area contributed by atoms with Crippen LogP contribution >= 0.6 is 24.0 Å². The first-order valence-corrected chi connectivity index (χ1v) is 5.98. The summed E-state index contributed by atoms with van der Waals surface area (Å²) in [6, 6.07) is 7.82. The van der Waals surface area contributed by atoms with E-state index < -0.39 is 16.9 Å². The Morgan fingerprint density at radius 2 is 1.50 bits per heavy atom. The summed E-state index contributed by atoms with van der Waals surface area (Å²) in [6.07, 6.45) is 0. The SMILES string of the molecule is I.O=c1c(O)c(-c2ccc(O)cc2)oc2cc(O)cc(O)c12. The van der Waals surface area contributed by atoms with Crippen molar-refractivity contribution in [2.75, 3.05) is 0 Å². The zero-order valence-electron chi connectivity index (χ0n) is 11.0. The van der Waals surface area contributed by atoms with E-state index in [2.05, 4.69) is 0 Å². The van der Waals surface area contributed by atoms with Gasteiger partial charge in [0.2, 0.25) is 11.2 Å². The molecule has 0 saturated carbocycles. The molecule has 0 spiro atoms. The average Bonchev–Trinajstić information content (AvgIpc) is 2.43. The first-order chi connectivity index (χ1) is 9.97. The quantitative estimate of drug-likeness (QED) is 0.456. The molecule has 3 rings (SSSR count). The zero-order chi connectivity index (χ0) is 15.1. The normalized spacial score (nSPS) is 10.4. The van der Waals surface area contributed by atoms with E-state index in [4.69, 9.17) is 4.42 Å². The van der Waals surface area contributed by atoms with E-state index in [0.717, 1.165) is 6.07 Å². The lowest BCUT2D eigenvalue weighted by Crippen LogP contribution is -2.02. The Balaban J connectivity index is 0.00000176. The summed E-state index contributed by atoms with van der Waals surface area (Å²) in [5, 5.41) is 38.1. The van der Waals surface area contributed by atoms with Gasteiger partial charge in [0.25, 0.3) is 0 Å². The topological polar surface area (TPSA) is 111 Å². The fourth-order valence-electron chi connectivity index (χ4n) is 2.08. The van der Waals surface area contributed by atoms with Gasteiger partial charge in [-0.1, -0.05) is 0 Å². The summed E-state index contributed by atoms with van der Waals surface area (Å²) in [6.45, 7) is 0. The molecule has 0 aliphatic heterocycles. The second kappa shape index (κ2) is 5.76. The number of phenolic OH excluding ortho intramolecular Hbond substituents is 3. The Morgan fingerprint density at radius 3 is 2.14 bits per heavy atom. The van der Waals surface area contributed by atoms with Crippen LogP contribution in [0.25, 0.3) is 22.3 Å². The van der Waals surface area contributed by atoms with Gasteiger partial charge >= 0.3 is 0 Å². The van der Waals surface area contributed by atoms with Crippen molar-refractivity contribution in [2.45, 2.75) is 0 Å². The van der Waals surface area contributed by atoms with Crippen molar-refractivity contribution in [3.05, 3.63) is 46.6 Å². The first kappa shape index (κ1) is 16.0. The van der Waals surface area contributed by atoms with E-state index >= 15 is 0 Å². The van der Waals surface area contributed by atoms with Crippen molar-refractivity contribution in [1.29, 1.82) is 0 Å². The van der Waals surface area contributed by atoms with Gasteiger partial charge in [0.15, 0.2) is 5.76 Å². The maximum Gasteiger partial charge on any atom is 0.238 e. The minimum Gasteiger partial charge on any atom is -0.508 e. The Kier molecular flexibility index (Phi) is 4.18. The predicted molar refractivity (Wildman–Crippen MR) is 90.0 cm³/mol. The van der Waals surface area contributed by atoms with Gasteiger partial charge in [0, 0.05) is 17.7 Å². The number of aromatic hydroxyl groups is 4. The lowest BCUT2D eigenvalue weighted by atomic mass is 10.1. The Labute approximate surface area is 140 Å². The van der Waals surface area contributed by atoms with Gasteiger partial charge in [0.1, 0.15) is 28.2 Å². The van der Waals surface area contributed by atoms with Crippen LogP contribution in [0.2, 0.25) is 0 Å². The number of fused-ring (bicyclic) bond motifs is 1. The first-order valence-electron chi connectivity index (χ1n) is 5.98. The van der Waals surface area contributed by atoms with Crippen LogP contribution in [-0.2, 0) is 0 Å². The molecular formula is C15H11IO6. The second-order valence-electron chi connectivity index (χ2n) is 4.49. The summed E-state index contributed by atoms with van der Waals surface area (Å²) in [4.78, 5) is 12.1. The van der Waals surface area contributed by atoms with Crippen LogP contribution in [0.5, 0.6) is 23.0 Å². The van der Waals surface area contributed by atoms with E-state index in [0.29, 0.717) is 5.56 Å². The van der Waals surface area contributed by atoms with Gasteiger partial charge in [-0.2, -0.15) is 0 Å². The Morgan fingerprint density at radius 1 is 0.864 bits per heavy atom. The van der Waals surface area contributed by atoms with E-state index in [9.17, 15) is 25.2 Å². The van der Waals surface area contributed by atoms with Crippen molar-refractivity contribution in [2.24, 2.45) is 0 Å². The van der Waals surface area contributed by atoms with Crippen molar-refractivity contribution in [3.63, 3.8) is 0 Å². The largest absolute Gasteiger partial charge is 0.508 e. The lowest BCUT2D eigenvalue weighted by Gasteiger charge is -2.07. The number of hydrogen-bond acceptors (Lipinski definition) is 6. The molecule has 2 aromatic carbocycles. The van der Waals surface area contributed by atoms with Gasteiger partial charge in [-0.25, -0.2) is 0 Å². The molecule has 22 heavy (non-hydrogen) atoms. The third-order valence-electron chi connectivity index (χ3n) is 3.06. The molecule has 0 aliphatic carbocycles. The van der Waals surface area contributed by atoms with Gasteiger partial charge in [-0.3, -0.25) is 4.79 Å². The molecule has 6 nitrogen and oxygen atoms in total. The third kappa shape index (κ3) is 2.54. The molecule has 0 aliphatic rings. The zero-order valence-corrected chi connectivity index (χ0v) is 13.3. The van der Waals surface area contributed by atoms with E-state index in [1.165, 1.54) is 30.3 Å². The fraction of sp³-hybridized carbons (Fsp3) is 0. The summed E-state index contributed by atoms with van der Waals surface area (Å²) in [5.41, 5.74) is -0.498. The monoisotopic (exact) mass is 414 g/mol. The highest BCUT2D eigenvalue weighted by Gasteiger charge is 2.18. The summed E-state index contributed by atoms with van der Waals surface area (Å²) in [7, 11) is 0. The minimum atomic E-state index is -0.808. The summed E-state index contributed by atoms with van der Waals surface area (Å²) in [5.74, 6) is -1.50. The molecule has 1 heterocycles. The number of rotatable bonds is 1. The van der Waals surface area contributed by atoms with Crippen LogP contribution in [0, 0.1) is 0 Å². The van der Waals surface area contributed by atoms with Crippen LogP contribution in [-0.4, -0.2) is 20.4 Å². The maximum atomic E-state index is 12.1. The smallest absolute Gasteiger partial charge is 0.238 e. The summed E-state index contributed by atoms with van der Waals surface area (Å²) < 4.78 is 5.41. The van der Waals surface area contributed by atoms with Crippen LogP contribution < -0.4 is 5.43 Å². The van der Waals surface area contributed by atoms with Crippen LogP contribution in [0.3, 0.4) is 0 Å². The molecule has 7 heteroatoms. The van der Waals surface area contributed by atoms with Crippen molar-refractivity contribution >= 4 is 34.9 Å². The molecule has 0 fully saturated rings. The molecular weight excluding hydrogens is 403 g/mol. The van der Waals surface area contributed by atoms with Crippen LogP contribution in [0.15, 0.2) is 45.6 Å². The van der Waals surface area contributed by atoms with Crippen molar-refractivity contribution < 1.29 is 24.8 Å². The highest BCUT2D eigenvalue weighted by Crippen LogP contribution is 2.35. The van der Waals surface area contributed by atoms with E-state index in [1.54, 1.807) is 0 Å². The Bertz CT molecular complexity index is 899. The van der Waals surface area contributed by atoms with E-state index in [-0.39, 0.29) is 52.2 Å². The molecule has 0 atom stereocenters. The van der Waals surface area contributed by atoms with Gasteiger partial charge in [-0.05, 0) is 24.3 Å². The summed E-state index contributed by atoms with van der Waals surface area (Å²) >= 11 is 0. The van der Waals surface area contributed by atoms with Crippen LogP contribution in [0.1, 0.15) is 0 Å². The number of halogens is 1. The number of hydrogen-bond donors (Lipinski definition) is 4. The van der Waals surface area contributed by atoms with Crippen LogP contribution in [0.4, 0.5) is 0 Å². The minimum absolute atomic E-state index is 0. The fourth-order valence-corrected chi connectivity index (χ4v) is 2.08. The molecule has 3 aromatic rings. The maximum absolute atomic E-state index is 12.1. The number of phenols is 3. The molecule has 114 valence electrons. The molecule has 0 bridgehead atoms. The highest BCUT2D eigenvalue weighted by atomic mass is 127. The highest BCUT2D eigenvalue weighted by molar-refractivity contribution is 14.0. The van der Waals surface area contributed by atoms with Gasteiger partial charge in [-0.15, -0.1) is 24.0 Å². The molecule has 0 amide bonds. The van der Waals surface area contributed by atoms with Gasteiger partial charge < -0.3 is 24.8 Å². The van der Waals surface area contributed by atoms with Crippen molar-refractivity contribution in [3.8, 4) is 34.3 Å². The average molecular weight is 414 g/mol. The molecule has 0 saturated heterocycles. The number of benzene rings is 2. The van der Waals surface area contributed by atoms with E-state index in [1.807, 2.05) is 0 Å². The standard InChI is InChI=1S/C15H10O6.HI/c16-8-3-1-7(2-4-8)15-14(20)13(19)12-10(18)5-9(17)6-11(12)21-15;/h1-6,16-18,20H;1H. The Hall–Kier alpha value is -2.42. The molecule has 0 radical (unpaired) electrons. The predicted octanol–water partition coefficient (Wildman–Crippen LogP) is 2.90. The lowest BCUT2D eigenvalue weighted by molar-refractivity contribution is 0.438. The van der Waals surface area contributed by atoms with Gasteiger partial charge in [0.05, 0.1) is 0 Å². The second-order valence-corrected chi connectivity index (χ2v) is 4.49.